The van der Waals surface area contributed by atoms with Crippen molar-refractivity contribution in [3.63, 3.8) is 0 Å². The molecule has 16 heavy (non-hydrogen) atoms. The molecule has 2 amide bonds. The molecular weight excluding hydrogens is 206 g/mol. The van der Waals surface area contributed by atoms with Crippen molar-refractivity contribution >= 4 is 11.8 Å². The van der Waals surface area contributed by atoms with Crippen molar-refractivity contribution in [3.8, 4) is 0 Å². The standard InChI is InChI=1S/C11H23N3O2/c1-8(2)13-9(15)7-14(5)10(16)6-11(3,4)12/h8H,6-7,12H2,1-5H3,(H,13,15). The van der Waals surface area contributed by atoms with Crippen molar-refractivity contribution in [2.75, 3.05) is 13.6 Å². The first-order valence-electron chi connectivity index (χ1n) is 5.44. The highest BCUT2D eigenvalue weighted by Gasteiger charge is 2.20. The molecule has 0 atom stereocenters. The Balaban J connectivity index is 4.11. The van der Waals surface area contributed by atoms with Gasteiger partial charge in [-0.2, -0.15) is 0 Å². The van der Waals surface area contributed by atoms with Gasteiger partial charge in [0.05, 0.1) is 6.54 Å². The lowest BCUT2D eigenvalue weighted by Crippen LogP contribution is -2.44. The number of rotatable bonds is 5. The van der Waals surface area contributed by atoms with E-state index in [1.807, 2.05) is 13.8 Å². The molecule has 0 spiro atoms. The van der Waals surface area contributed by atoms with E-state index in [0.717, 1.165) is 0 Å². The third-order valence-electron chi connectivity index (χ3n) is 1.86. The summed E-state index contributed by atoms with van der Waals surface area (Å²) in [6.07, 6.45) is 0.235. The van der Waals surface area contributed by atoms with E-state index >= 15 is 0 Å². The van der Waals surface area contributed by atoms with Crippen LogP contribution in [0.15, 0.2) is 0 Å². The number of nitrogens with two attached hydrogens (primary N) is 1. The number of carbonyl (C=O) groups is 2. The molecule has 94 valence electrons. The fraction of sp³-hybridized carbons (Fsp3) is 0.818. The highest BCUT2D eigenvalue weighted by atomic mass is 16.2. The average Bonchev–Trinajstić information content (AvgIpc) is 1.98. The van der Waals surface area contributed by atoms with E-state index in [-0.39, 0.29) is 30.8 Å². The van der Waals surface area contributed by atoms with Crippen LogP contribution >= 0.6 is 0 Å². The molecule has 5 heteroatoms. The maximum Gasteiger partial charge on any atom is 0.239 e. The monoisotopic (exact) mass is 229 g/mol. The van der Waals surface area contributed by atoms with Crippen molar-refractivity contribution in [1.82, 2.24) is 10.2 Å². The van der Waals surface area contributed by atoms with Crippen LogP contribution in [0, 0.1) is 0 Å². The molecule has 0 aromatic rings. The maximum atomic E-state index is 11.6. The smallest absolute Gasteiger partial charge is 0.239 e. The van der Waals surface area contributed by atoms with Crippen LogP contribution in [0.25, 0.3) is 0 Å². The Bertz CT molecular complexity index is 256. The predicted molar refractivity (Wildman–Crippen MR) is 63.8 cm³/mol. The van der Waals surface area contributed by atoms with Crippen LogP contribution < -0.4 is 11.1 Å². The van der Waals surface area contributed by atoms with Gasteiger partial charge in [-0.05, 0) is 27.7 Å². The number of likely N-dealkylation sites (N-methyl/N-ethyl adjacent to an activating group) is 1. The number of amides is 2. The second kappa shape index (κ2) is 5.84. The van der Waals surface area contributed by atoms with Gasteiger partial charge < -0.3 is 16.0 Å². The number of nitrogens with one attached hydrogen (secondary N) is 1. The summed E-state index contributed by atoms with van der Waals surface area (Å²) >= 11 is 0. The highest BCUT2D eigenvalue weighted by Crippen LogP contribution is 2.05. The van der Waals surface area contributed by atoms with Gasteiger partial charge in [0.1, 0.15) is 0 Å². The van der Waals surface area contributed by atoms with Crippen LogP contribution in [0.1, 0.15) is 34.1 Å². The van der Waals surface area contributed by atoms with Crippen LogP contribution in [0.4, 0.5) is 0 Å². The maximum absolute atomic E-state index is 11.6. The van der Waals surface area contributed by atoms with Crippen LogP contribution in [-0.4, -0.2) is 41.9 Å². The SMILES string of the molecule is CC(C)NC(=O)CN(C)C(=O)CC(C)(C)N. The number of carbonyl (C=O) groups excluding carboxylic acids is 2. The molecule has 3 N–H and O–H groups in total. The van der Waals surface area contributed by atoms with Gasteiger partial charge in [0.25, 0.3) is 0 Å². The van der Waals surface area contributed by atoms with Gasteiger partial charge in [-0.25, -0.2) is 0 Å². The molecule has 0 aromatic heterocycles. The predicted octanol–water partition coefficient (Wildman–Crippen LogP) is 0.0968. The summed E-state index contributed by atoms with van der Waals surface area (Å²) < 4.78 is 0. The average molecular weight is 229 g/mol. The van der Waals surface area contributed by atoms with Crippen LogP contribution in [0.2, 0.25) is 0 Å². The largest absolute Gasteiger partial charge is 0.352 e. The molecule has 0 aliphatic carbocycles. The fourth-order valence-electron chi connectivity index (χ4n) is 1.20. The molecule has 0 heterocycles. The first kappa shape index (κ1) is 14.9. The lowest BCUT2D eigenvalue weighted by molar-refractivity contribution is -0.135. The lowest BCUT2D eigenvalue weighted by atomic mass is 10.0. The Hall–Kier alpha value is -1.10. The Morgan fingerprint density at radius 3 is 2.25 bits per heavy atom. The van der Waals surface area contributed by atoms with Gasteiger partial charge in [0.2, 0.25) is 11.8 Å². The molecular formula is C11H23N3O2. The summed E-state index contributed by atoms with van der Waals surface area (Å²) in [6.45, 7) is 7.40. The Kier molecular flexibility index (Phi) is 5.44. The third kappa shape index (κ3) is 7.23. The topological polar surface area (TPSA) is 75.4 Å². The number of hydrogen-bond acceptors (Lipinski definition) is 3. The normalized spacial score (nSPS) is 11.4. The lowest BCUT2D eigenvalue weighted by Gasteiger charge is -2.23. The van der Waals surface area contributed by atoms with E-state index in [1.54, 1.807) is 20.9 Å². The Morgan fingerprint density at radius 2 is 1.88 bits per heavy atom. The van der Waals surface area contributed by atoms with E-state index in [9.17, 15) is 9.59 Å². The molecule has 0 rings (SSSR count). The molecule has 0 aliphatic rings. The third-order valence-corrected chi connectivity index (χ3v) is 1.86. The second-order valence-corrected chi connectivity index (χ2v) is 5.14. The van der Waals surface area contributed by atoms with Gasteiger partial charge in [0, 0.05) is 25.0 Å². The Labute approximate surface area is 97.4 Å². The minimum Gasteiger partial charge on any atom is -0.352 e. The molecule has 0 aromatic carbocycles. The van der Waals surface area contributed by atoms with E-state index in [0.29, 0.717) is 0 Å². The first-order valence-corrected chi connectivity index (χ1v) is 5.44. The van der Waals surface area contributed by atoms with E-state index in [4.69, 9.17) is 5.73 Å². The van der Waals surface area contributed by atoms with Gasteiger partial charge in [-0.15, -0.1) is 0 Å². The van der Waals surface area contributed by atoms with Gasteiger partial charge >= 0.3 is 0 Å². The molecule has 5 nitrogen and oxygen atoms in total. The first-order chi connectivity index (χ1) is 7.11. The van der Waals surface area contributed by atoms with Crippen molar-refractivity contribution < 1.29 is 9.59 Å². The highest BCUT2D eigenvalue weighted by molar-refractivity contribution is 5.85. The van der Waals surface area contributed by atoms with Gasteiger partial charge in [-0.3, -0.25) is 9.59 Å². The summed E-state index contributed by atoms with van der Waals surface area (Å²) in [7, 11) is 1.61. The van der Waals surface area contributed by atoms with Crippen molar-refractivity contribution in [1.29, 1.82) is 0 Å². The molecule has 0 unspecified atom stereocenters. The van der Waals surface area contributed by atoms with Gasteiger partial charge in [0.15, 0.2) is 0 Å². The van der Waals surface area contributed by atoms with E-state index in [2.05, 4.69) is 5.32 Å². The molecule has 0 bridgehead atoms. The zero-order valence-electron chi connectivity index (χ0n) is 10.8. The van der Waals surface area contributed by atoms with Crippen LogP contribution in [0.5, 0.6) is 0 Å². The summed E-state index contributed by atoms with van der Waals surface area (Å²) in [4.78, 5) is 24.4. The quantitative estimate of drug-likeness (QED) is 0.702. The minimum absolute atomic E-state index is 0.0765. The minimum atomic E-state index is -0.542. The van der Waals surface area contributed by atoms with Crippen LogP contribution in [0.3, 0.4) is 0 Å². The van der Waals surface area contributed by atoms with E-state index < -0.39 is 5.54 Å². The van der Waals surface area contributed by atoms with Gasteiger partial charge in [-0.1, -0.05) is 0 Å². The van der Waals surface area contributed by atoms with Crippen molar-refractivity contribution in [3.05, 3.63) is 0 Å². The molecule has 0 radical (unpaired) electrons. The van der Waals surface area contributed by atoms with Crippen LogP contribution in [-0.2, 0) is 9.59 Å². The summed E-state index contributed by atoms with van der Waals surface area (Å²) in [5.41, 5.74) is 5.20. The molecule has 0 fully saturated rings. The van der Waals surface area contributed by atoms with E-state index in [1.165, 1.54) is 4.90 Å². The molecule has 0 saturated carbocycles. The number of nitrogens with zero attached hydrogens (tertiary/aromatic N) is 1. The molecule has 0 aliphatic heterocycles. The zero-order valence-corrected chi connectivity index (χ0v) is 10.8. The second-order valence-electron chi connectivity index (χ2n) is 5.14. The summed E-state index contributed by atoms with van der Waals surface area (Å²) in [5, 5.41) is 2.73. The summed E-state index contributed by atoms with van der Waals surface area (Å²) in [6, 6.07) is 0.0851. The van der Waals surface area contributed by atoms with Crippen molar-refractivity contribution in [2.24, 2.45) is 5.73 Å². The fourth-order valence-corrected chi connectivity index (χ4v) is 1.20. The molecule has 0 saturated heterocycles. The zero-order chi connectivity index (χ0) is 12.9. The Morgan fingerprint density at radius 1 is 1.38 bits per heavy atom. The summed E-state index contributed by atoms with van der Waals surface area (Å²) in [5.74, 6) is -0.271. The number of hydrogen-bond donors (Lipinski definition) is 2. The van der Waals surface area contributed by atoms with Crippen molar-refractivity contribution in [2.45, 2.75) is 45.7 Å².